The Morgan fingerprint density at radius 3 is 2.72 bits per heavy atom. The summed E-state index contributed by atoms with van der Waals surface area (Å²) in [5.74, 6) is 0.899. The summed E-state index contributed by atoms with van der Waals surface area (Å²) < 4.78 is 7.52. The van der Waals surface area contributed by atoms with Crippen LogP contribution in [0.3, 0.4) is 0 Å². The standard InChI is InChI=1S/C14H19N3O/c1-2-9-18-13-5-3-12(4-6-13)14(15)10-17-8-7-16-11-17/h3-8,11,14H,2,9-10,15H2,1H3. The second kappa shape index (κ2) is 6.21. The third-order valence-electron chi connectivity index (χ3n) is 2.75. The van der Waals surface area contributed by atoms with Gasteiger partial charge in [-0.2, -0.15) is 0 Å². The summed E-state index contributed by atoms with van der Waals surface area (Å²) in [6.07, 6.45) is 6.47. The Balaban J connectivity index is 1.96. The van der Waals surface area contributed by atoms with E-state index in [4.69, 9.17) is 10.5 Å². The van der Waals surface area contributed by atoms with Gasteiger partial charge < -0.3 is 15.0 Å². The number of nitrogens with two attached hydrogens (primary N) is 1. The van der Waals surface area contributed by atoms with Gasteiger partial charge in [0.2, 0.25) is 0 Å². The van der Waals surface area contributed by atoms with E-state index < -0.39 is 0 Å². The largest absolute Gasteiger partial charge is 0.494 e. The van der Waals surface area contributed by atoms with Crippen LogP contribution < -0.4 is 10.5 Å². The molecule has 4 nitrogen and oxygen atoms in total. The van der Waals surface area contributed by atoms with Gasteiger partial charge in [0.1, 0.15) is 5.75 Å². The molecule has 0 bridgehead atoms. The van der Waals surface area contributed by atoms with Crippen molar-refractivity contribution in [1.82, 2.24) is 9.55 Å². The fraction of sp³-hybridized carbons (Fsp3) is 0.357. The van der Waals surface area contributed by atoms with E-state index in [0.717, 1.165) is 30.9 Å². The molecule has 2 aromatic rings. The molecule has 0 saturated carbocycles. The summed E-state index contributed by atoms with van der Waals surface area (Å²) in [4.78, 5) is 4.00. The van der Waals surface area contributed by atoms with Gasteiger partial charge in [0.05, 0.1) is 12.9 Å². The van der Waals surface area contributed by atoms with Gasteiger partial charge in [-0.3, -0.25) is 0 Å². The number of hydrogen-bond acceptors (Lipinski definition) is 3. The van der Waals surface area contributed by atoms with Crippen LogP contribution in [0.15, 0.2) is 43.0 Å². The fourth-order valence-corrected chi connectivity index (χ4v) is 1.76. The summed E-state index contributed by atoms with van der Waals surface area (Å²) in [5.41, 5.74) is 7.25. The number of aromatic nitrogens is 2. The highest BCUT2D eigenvalue weighted by Crippen LogP contribution is 2.17. The van der Waals surface area contributed by atoms with E-state index in [0.29, 0.717) is 0 Å². The average Bonchev–Trinajstić information content (AvgIpc) is 2.89. The first-order valence-corrected chi connectivity index (χ1v) is 6.23. The number of nitrogens with zero attached hydrogens (tertiary/aromatic N) is 2. The maximum Gasteiger partial charge on any atom is 0.119 e. The first-order chi connectivity index (χ1) is 8.79. The predicted octanol–water partition coefficient (Wildman–Crippen LogP) is 2.37. The lowest BCUT2D eigenvalue weighted by molar-refractivity contribution is 0.317. The molecule has 0 saturated heterocycles. The maximum atomic E-state index is 6.15. The quantitative estimate of drug-likeness (QED) is 0.850. The topological polar surface area (TPSA) is 53.1 Å². The molecule has 0 fully saturated rings. The van der Waals surface area contributed by atoms with E-state index in [9.17, 15) is 0 Å². The molecule has 0 radical (unpaired) electrons. The Morgan fingerprint density at radius 1 is 1.33 bits per heavy atom. The van der Waals surface area contributed by atoms with Crippen LogP contribution in [-0.2, 0) is 6.54 Å². The highest BCUT2D eigenvalue weighted by atomic mass is 16.5. The SMILES string of the molecule is CCCOc1ccc(C(N)Cn2ccnc2)cc1. The van der Waals surface area contributed by atoms with E-state index in [-0.39, 0.29) is 6.04 Å². The normalized spacial score (nSPS) is 12.3. The Hall–Kier alpha value is -1.81. The van der Waals surface area contributed by atoms with Crippen LogP contribution in [0.4, 0.5) is 0 Å². The molecule has 0 aliphatic carbocycles. The molecule has 1 aromatic carbocycles. The Morgan fingerprint density at radius 2 is 2.11 bits per heavy atom. The Kier molecular flexibility index (Phi) is 4.36. The zero-order valence-corrected chi connectivity index (χ0v) is 10.6. The molecule has 0 amide bonds. The second-order valence-corrected chi connectivity index (χ2v) is 4.28. The van der Waals surface area contributed by atoms with Crippen molar-refractivity contribution in [2.75, 3.05) is 6.61 Å². The van der Waals surface area contributed by atoms with Crippen LogP contribution in [0.2, 0.25) is 0 Å². The number of benzene rings is 1. The number of imidazole rings is 1. The van der Waals surface area contributed by atoms with E-state index in [2.05, 4.69) is 11.9 Å². The lowest BCUT2D eigenvalue weighted by Crippen LogP contribution is -2.16. The van der Waals surface area contributed by atoms with Crippen molar-refractivity contribution in [3.8, 4) is 5.75 Å². The van der Waals surface area contributed by atoms with Crippen molar-refractivity contribution in [3.05, 3.63) is 48.5 Å². The summed E-state index contributed by atoms with van der Waals surface area (Å²) in [5, 5.41) is 0. The third kappa shape index (κ3) is 3.34. The molecule has 0 spiro atoms. The van der Waals surface area contributed by atoms with Crippen LogP contribution in [0.25, 0.3) is 0 Å². The van der Waals surface area contributed by atoms with Crippen molar-refractivity contribution in [3.63, 3.8) is 0 Å². The van der Waals surface area contributed by atoms with Gasteiger partial charge in [-0.1, -0.05) is 19.1 Å². The molecular formula is C14H19N3O. The van der Waals surface area contributed by atoms with Gasteiger partial charge in [0, 0.05) is 25.0 Å². The van der Waals surface area contributed by atoms with E-state index in [1.54, 1.807) is 12.5 Å². The molecular weight excluding hydrogens is 226 g/mol. The predicted molar refractivity (Wildman–Crippen MR) is 71.4 cm³/mol. The van der Waals surface area contributed by atoms with E-state index >= 15 is 0 Å². The lowest BCUT2D eigenvalue weighted by Gasteiger charge is -2.13. The smallest absolute Gasteiger partial charge is 0.119 e. The highest BCUT2D eigenvalue weighted by Gasteiger charge is 2.06. The van der Waals surface area contributed by atoms with Crippen molar-refractivity contribution in [1.29, 1.82) is 0 Å². The summed E-state index contributed by atoms with van der Waals surface area (Å²) in [6.45, 7) is 3.57. The average molecular weight is 245 g/mol. The van der Waals surface area contributed by atoms with Gasteiger partial charge >= 0.3 is 0 Å². The minimum Gasteiger partial charge on any atom is -0.494 e. The van der Waals surface area contributed by atoms with Gasteiger partial charge in [0.25, 0.3) is 0 Å². The van der Waals surface area contributed by atoms with Crippen LogP contribution in [-0.4, -0.2) is 16.2 Å². The van der Waals surface area contributed by atoms with Crippen LogP contribution in [0, 0.1) is 0 Å². The van der Waals surface area contributed by atoms with Crippen molar-refractivity contribution < 1.29 is 4.74 Å². The molecule has 96 valence electrons. The second-order valence-electron chi connectivity index (χ2n) is 4.28. The molecule has 2 rings (SSSR count). The zero-order valence-electron chi connectivity index (χ0n) is 10.6. The molecule has 1 aromatic heterocycles. The minimum atomic E-state index is -0.0283. The third-order valence-corrected chi connectivity index (χ3v) is 2.75. The molecule has 0 aliphatic heterocycles. The summed E-state index contributed by atoms with van der Waals surface area (Å²) in [7, 11) is 0. The highest BCUT2D eigenvalue weighted by molar-refractivity contribution is 5.29. The monoisotopic (exact) mass is 245 g/mol. The van der Waals surface area contributed by atoms with Gasteiger partial charge in [0.15, 0.2) is 0 Å². The van der Waals surface area contributed by atoms with Crippen LogP contribution >= 0.6 is 0 Å². The Labute approximate surface area is 107 Å². The molecule has 2 N–H and O–H groups in total. The van der Waals surface area contributed by atoms with Crippen molar-refractivity contribution in [2.45, 2.75) is 25.9 Å². The van der Waals surface area contributed by atoms with Crippen LogP contribution in [0.1, 0.15) is 24.9 Å². The molecule has 1 unspecified atom stereocenters. The van der Waals surface area contributed by atoms with Gasteiger partial charge in [-0.05, 0) is 24.1 Å². The van der Waals surface area contributed by atoms with Gasteiger partial charge in [-0.15, -0.1) is 0 Å². The lowest BCUT2D eigenvalue weighted by atomic mass is 10.1. The Bertz CT molecular complexity index is 450. The summed E-state index contributed by atoms with van der Waals surface area (Å²) in [6, 6.07) is 7.95. The summed E-state index contributed by atoms with van der Waals surface area (Å²) >= 11 is 0. The van der Waals surface area contributed by atoms with E-state index in [1.165, 1.54) is 0 Å². The number of rotatable bonds is 6. The van der Waals surface area contributed by atoms with Gasteiger partial charge in [-0.25, -0.2) is 4.98 Å². The molecule has 1 heterocycles. The molecule has 18 heavy (non-hydrogen) atoms. The minimum absolute atomic E-state index is 0.0283. The first kappa shape index (κ1) is 12.6. The van der Waals surface area contributed by atoms with E-state index in [1.807, 2.05) is 35.0 Å². The maximum absolute atomic E-state index is 6.15. The first-order valence-electron chi connectivity index (χ1n) is 6.23. The zero-order chi connectivity index (χ0) is 12.8. The fourth-order valence-electron chi connectivity index (χ4n) is 1.76. The molecule has 4 heteroatoms. The van der Waals surface area contributed by atoms with Crippen LogP contribution in [0.5, 0.6) is 5.75 Å². The number of hydrogen-bond donors (Lipinski definition) is 1. The molecule has 0 aliphatic rings. The van der Waals surface area contributed by atoms with Crippen molar-refractivity contribution in [2.24, 2.45) is 5.73 Å². The van der Waals surface area contributed by atoms with Crippen molar-refractivity contribution >= 4 is 0 Å². The number of ether oxygens (including phenoxy) is 1. The molecule has 1 atom stereocenters.